The van der Waals surface area contributed by atoms with E-state index in [1.54, 1.807) is 6.20 Å². The van der Waals surface area contributed by atoms with Gasteiger partial charge < -0.3 is 15.3 Å². The van der Waals surface area contributed by atoms with E-state index >= 15 is 0 Å². The molecule has 46 heavy (non-hydrogen) atoms. The van der Waals surface area contributed by atoms with Crippen molar-refractivity contribution in [3.8, 4) is 5.75 Å². The Morgan fingerprint density at radius 1 is 1.09 bits per heavy atom. The summed E-state index contributed by atoms with van der Waals surface area (Å²) < 4.78 is 0. The zero-order chi connectivity index (χ0) is 33.3. The Hall–Kier alpha value is -4.67. The van der Waals surface area contributed by atoms with Crippen molar-refractivity contribution in [2.75, 3.05) is 11.5 Å². The molecule has 10 heteroatoms. The summed E-state index contributed by atoms with van der Waals surface area (Å²) in [5.74, 6) is -3.26. The van der Waals surface area contributed by atoms with Crippen molar-refractivity contribution in [1.29, 1.82) is 0 Å². The lowest BCUT2D eigenvalue weighted by atomic mass is 9.66. The molecule has 0 saturated carbocycles. The van der Waals surface area contributed by atoms with Crippen molar-refractivity contribution in [2.45, 2.75) is 53.1 Å². The summed E-state index contributed by atoms with van der Waals surface area (Å²) in [6.07, 6.45) is 3.62. The number of aromatic hydroxyl groups is 1. The number of phenols is 1. The molecule has 240 valence electrons. The fraction of sp³-hybridized carbons (Fsp3) is 0.361. The fourth-order valence-corrected chi connectivity index (χ4v) is 6.99. The number of anilines is 1. The lowest BCUT2D eigenvalue weighted by Crippen LogP contribution is -2.39. The van der Waals surface area contributed by atoms with Gasteiger partial charge in [0.1, 0.15) is 5.75 Å². The van der Waals surface area contributed by atoms with Crippen LogP contribution in [0.3, 0.4) is 0 Å². The number of aliphatic hydroxyl groups is 2. The molecule has 0 unspecified atom stereocenters. The van der Waals surface area contributed by atoms with Crippen molar-refractivity contribution in [1.82, 2.24) is 4.98 Å². The molecule has 0 spiro atoms. The molecule has 1 aliphatic heterocycles. The first-order valence-corrected chi connectivity index (χ1v) is 15.5. The number of fused-ring (bicyclic) bond motifs is 1. The number of imide groups is 1. The van der Waals surface area contributed by atoms with Crippen LogP contribution in [-0.4, -0.2) is 49.8 Å². The molecule has 0 bridgehead atoms. The summed E-state index contributed by atoms with van der Waals surface area (Å²) >= 11 is 0. The number of aromatic nitrogens is 1. The maximum absolute atomic E-state index is 13.9. The second-order valence-corrected chi connectivity index (χ2v) is 12.5. The van der Waals surface area contributed by atoms with Crippen LogP contribution in [0.1, 0.15) is 55.5 Å². The number of rotatable bonds is 10. The van der Waals surface area contributed by atoms with E-state index in [1.165, 1.54) is 24.3 Å². The highest BCUT2D eigenvalue weighted by Crippen LogP contribution is 2.49. The van der Waals surface area contributed by atoms with Crippen LogP contribution in [0.5, 0.6) is 5.75 Å². The molecular formula is C36H39N3O7. The number of benzene rings is 2. The number of carbonyl (C=O) groups excluding carboxylic acids is 2. The number of non-ortho nitro benzene ring substituents is 1. The highest BCUT2D eigenvalue weighted by Gasteiger charge is 2.55. The highest BCUT2D eigenvalue weighted by atomic mass is 16.6. The minimum atomic E-state index is -1.01. The predicted molar refractivity (Wildman–Crippen MR) is 175 cm³/mol. The molecule has 3 aromatic rings. The average Bonchev–Trinajstić information content (AvgIpc) is 3.29. The van der Waals surface area contributed by atoms with Gasteiger partial charge in [0.25, 0.3) is 5.69 Å². The Balaban J connectivity index is 1.47. The van der Waals surface area contributed by atoms with Crippen molar-refractivity contribution in [2.24, 2.45) is 23.7 Å². The van der Waals surface area contributed by atoms with E-state index in [0.717, 1.165) is 38.4 Å². The standard InChI is InChI=1S/C36H39N3O7/c1-20(2)27-18-28-33(36(44)38(35(28)43)25-8-7-9-26(17-25)39(45)46)29(19-40)32(27)31(41)12-11-24(30-10-5-6-13-37-30)16-23-14-21(3)34(42)22(4)15-23/h5-10,13-17,20,28-29,31,33,40-42H,11-12,18-19H2,1-4H3/b24-16-/t28-,29+,31-,33-/m1/s1. The molecule has 1 fully saturated rings. The van der Waals surface area contributed by atoms with E-state index in [-0.39, 0.29) is 35.9 Å². The van der Waals surface area contributed by atoms with Gasteiger partial charge in [-0.25, -0.2) is 4.90 Å². The van der Waals surface area contributed by atoms with E-state index in [0.29, 0.717) is 12.0 Å². The van der Waals surface area contributed by atoms with E-state index < -0.39 is 47.2 Å². The first-order chi connectivity index (χ1) is 21.9. The minimum Gasteiger partial charge on any atom is -0.507 e. The Kier molecular flexibility index (Phi) is 9.50. The molecular weight excluding hydrogens is 586 g/mol. The summed E-state index contributed by atoms with van der Waals surface area (Å²) in [6, 6.07) is 14.8. The molecule has 2 heterocycles. The third-order valence-electron chi connectivity index (χ3n) is 9.21. The molecule has 2 aromatic carbocycles. The number of carbonyl (C=O) groups is 2. The lowest BCUT2D eigenvalue weighted by molar-refractivity contribution is -0.384. The molecule has 2 amide bonds. The Morgan fingerprint density at radius 2 is 1.80 bits per heavy atom. The minimum absolute atomic E-state index is 0.0665. The average molecular weight is 626 g/mol. The van der Waals surface area contributed by atoms with Gasteiger partial charge in [-0.3, -0.25) is 24.7 Å². The van der Waals surface area contributed by atoms with Gasteiger partial charge in [-0.1, -0.05) is 31.6 Å². The number of allylic oxidation sites excluding steroid dienone is 2. The Labute approximate surface area is 267 Å². The molecule has 4 atom stereocenters. The van der Waals surface area contributed by atoms with Crippen LogP contribution < -0.4 is 4.90 Å². The van der Waals surface area contributed by atoms with Crippen LogP contribution >= 0.6 is 0 Å². The zero-order valence-electron chi connectivity index (χ0n) is 26.4. The zero-order valence-corrected chi connectivity index (χ0v) is 26.4. The number of nitro groups is 1. The second kappa shape index (κ2) is 13.4. The number of nitro benzene ring substituents is 1. The van der Waals surface area contributed by atoms with Gasteiger partial charge in [0.2, 0.25) is 11.8 Å². The van der Waals surface area contributed by atoms with Crippen LogP contribution in [0.15, 0.2) is 71.9 Å². The van der Waals surface area contributed by atoms with Gasteiger partial charge in [0.05, 0.1) is 40.9 Å². The van der Waals surface area contributed by atoms with Crippen molar-refractivity contribution in [3.05, 3.63) is 104 Å². The SMILES string of the molecule is Cc1cc(/C=C(/CC[C@@H](O)C2=C(C(C)C)C[C@H]3C(=O)N(c4cccc([N+](=O)[O-])c4)C(=O)[C@H]3[C@H]2CO)c2ccccn2)cc(C)c1O. The predicted octanol–water partition coefficient (Wildman–Crippen LogP) is 5.76. The normalized spacial score (nSPS) is 20.8. The molecule has 1 aromatic heterocycles. The molecule has 0 radical (unpaired) electrons. The maximum Gasteiger partial charge on any atom is 0.271 e. The number of amides is 2. The largest absolute Gasteiger partial charge is 0.507 e. The first kappa shape index (κ1) is 32.7. The molecule has 1 saturated heterocycles. The summed E-state index contributed by atoms with van der Waals surface area (Å²) in [5, 5.41) is 44.2. The van der Waals surface area contributed by atoms with Crippen LogP contribution in [0.2, 0.25) is 0 Å². The molecule has 2 aliphatic rings. The Morgan fingerprint density at radius 3 is 2.41 bits per heavy atom. The fourth-order valence-electron chi connectivity index (χ4n) is 6.99. The summed E-state index contributed by atoms with van der Waals surface area (Å²) in [6.45, 7) is 7.16. The van der Waals surface area contributed by atoms with Crippen molar-refractivity contribution < 1.29 is 29.8 Å². The van der Waals surface area contributed by atoms with Crippen molar-refractivity contribution in [3.63, 3.8) is 0 Å². The second-order valence-electron chi connectivity index (χ2n) is 12.5. The third kappa shape index (κ3) is 6.23. The lowest BCUT2D eigenvalue weighted by Gasteiger charge is -2.38. The molecule has 5 rings (SSSR count). The van der Waals surface area contributed by atoms with Gasteiger partial charge >= 0.3 is 0 Å². The van der Waals surface area contributed by atoms with Crippen LogP contribution in [0.4, 0.5) is 11.4 Å². The summed E-state index contributed by atoms with van der Waals surface area (Å²) in [5.41, 5.74) is 5.28. The maximum atomic E-state index is 13.9. The first-order valence-electron chi connectivity index (χ1n) is 15.5. The number of aliphatic hydroxyl groups excluding tert-OH is 2. The van der Waals surface area contributed by atoms with Gasteiger partial charge in [0, 0.05) is 24.2 Å². The third-order valence-corrected chi connectivity index (χ3v) is 9.21. The van der Waals surface area contributed by atoms with Crippen LogP contribution in [0.25, 0.3) is 11.6 Å². The van der Waals surface area contributed by atoms with Crippen LogP contribution in [0, 0.1) is 47.6 Å². The summed E-state index contributed by atoms with van der Waals surface area (Å²) in [7, 11) is 0. The van der Waals surface area contributed by atoms with Crippen molar-refractivity contribution >= 4 is 34.8 Å². The van der Waals surface area contributed by atoms with E-state index in [4.69, 9.17) is 0 Å². The number of phenolic OH excluding ortho intramolecular Hbond substituents is 1. The highest BCUT2D eigenvalue weighted by molar-refractivity contribution is 6.22. The molecule has 1 aliphatic carbocycles. The van der Waals surface area contributed by atoms with Crippen LogP contribution in [-0.2, 0) is 9.59 Å². The quantitative estimate of drug-likeness (QED) is 0.111. The number of hydrogen-bond acceptors (Lipinski definition) is 8. The number of pyridine rings is 1. The monoisotopic (exact) mass is 625 g/mol. The summed E-state index contributed by atoms with van der Waals surface area (Å²) in [4.78, 5) is 43.9. The Bertz CT molecular complexity index is 1710. The van der Waals surface area contributed by atoms with Gasteiger partial charge in [-0.05, 0) is 103 Å². The number of hydrogen-bond donors (Lipinski definition) is 3. The van der Waals surface area contributed by atoms with E-state index in [1.807, 2.05) is 64.1 Å². The van der Waals surface area contributed by atoms with Gasteiger partial charge in [-0.15, -0.1) is 0 Å². The van der Waals surface area contributed by atoms with E-state index in [9.17, 15) is 35.0 Å². The topological polar surface area (TPSA) is 154 Å². The number of nitrogens with zero attached hydrogens (tertiary/aromatic N) is 3. The number of aryl methyl sites for hydroxylation is 2. The van der Waals surface area contributed by atoms with E-state index in [2.05, 4.69) is 4.98 Å². The molecule has 10 nitrogen and oxygen atoms in total. The molecule has 3 N–H and O–H groups in total. The van der Waals surface area contributed by atoms with Gasteiger partial charge in [-0.2, -0.15) is 0 Å². The smallest absolute Gasteiger partial charge is 0.271 e. The van der Waals surface area contributed by atoms with Gasteiger partial charge in [0.15, 0.2) is 0 Å².